The molecule has 0 aliphatic heterocycles. The van der Waals surface area contributed by atoms with Crippen LogP contribution in [0.3, 0.4) is 0 Å². The van der Waals surface area contributed by atoms with Gasteiger partial charge in [0.1, 0.15) is 11.5 Å². The first kappa shape index (κ1) is 29.1. The molecule has 1 unspecified atom stereocenters. The summed E-state index contributed by atoms with van der Waals surface area (Å²) in [5.41, 5.74) is -1.27. The average Bonchev–Trinajstić information content (AvgIpc) is 3.36. The number of nitrogens with one attached hydrogen (secondary N) is 1. The number of fused-ring (bicyclic) bond motifs is 2. The monoisotopic (exact) mass is 517 g/mol. The van der Waals surface area contributed by atoms with Gasteiger partial charge in [-0.2, -0.15) is 6.42 Å². The molecule has 10 heteroatoms. The summed E-state index contributed by atoms with van der Waals surface area (Å²) in [6, 6.07) is 1.87. The zero-order chi connectivity index (χ0) is 24.2. The number of hydrogen-bond donors (Lipinski definition) is 1. The van der Waals surface area contributed by atoms with E-state index in [0.717, 1.165) is 0 Å². The van der Waals surface area contributed by atoms with Crippen LogP contribution in [0, 0.1) is 31.0 Å². The number of halogens is 4. The molecule has 2 atom stereocenters. The maximum absolute atomic E-state index is 14.8. The third kappa shape index (κ3) is 6.35. The minimum atomic E-state index is -1.24. The standard InChI is InChI=1S/C19H21Cl2F2NO.C5H3N2O.Na/c1-3-11(2)17(25)24-16(14-13(22)5-4-12(20)15(14)21)18-6-8-19(23,10-18)9-7-18;8-3-5-1-6-4-7-2-5;/h4-5,11,16H,1-3,6-10H2,(H,24,25);1-2,4H;/q-2;-1;+1/t11-,16?,18?,19?;;/m1../s1. The second kappa shape index (κ2) is 12.2. The summed E-state index contributed by atoms with van der Waals surface area (Å²) < 4.78 is 29.4. The summed E-state index contributed by atoms with van der Waals surface area (Å²) in [5.74, 6) is -1.46. The average molecular weight is 518 g/mol. The van der Waals surface area contributed by atoms with Crippen molar-refractivity contribution in [3.63, 3.8) is 0 Å². The Balaban J connectivity index is 0.000000386. The number of carbonyl (C=O) groups excluding carboxylic acids is 2. The molecular formula is C24H24Cl2F2N3NaO2-2. The molecule has 2 saturated carbocycles. The van der Waals surface area contributed by atoms with Crippen molar-refractivity contribution >= 4 is 35.4 Å². The fourth-order valence-corrected chi connectivity index (χ4v) is 5.08. The van der Waals surface area contributed by atoms with Crippen LogP contribution in [0.25, 0.3) is 0 Å². The molecule has 1 amide bonds. The van der Waals surface area contributed by atoms with Gasteiger partial charge in [-0.05, 0) is 49.7 Å². The topological polar surface area (TPSA) is 72.0 Å². The number of hydrogen-bond acceptors (Lipinski definition) is 4. The Hall–Kier alpha value is -1.12. The minimum Gasteiger partial charge on any atom is -0.376 e. The van der Waals surface area contributed by atoms with E-state index in [2.05, 4.69) is 29.1 Å². The Morgan fingerprint density at radius 1 is 1.21 bits per heavy atom. The van der Waals surface area contributed by atoms with Crippen molar-refractivity contribution in [3.05, 3.63) is 71.7 Å². The number of alkyl halides is 1. The molecule has 1 N–H and O–H groups in total. The van der Waals surface area contributed by atoms with E-state index in [-0.39, 0.29) is 51.1 Å². The fourth-order valence-electron chi connectivity index (χ4n) is 4.65. The van der Waals surface area contributed by atoms with Gasteiger partial charge in [0.15, 0.2) is 5.91 Å². The smallest absolute Gasteiger partial charge is 0.376 e. The first-order valence-corrected chi connectivity index (χ1v) is 11.3. The molecule has 178 valence electrons. The van der Waals surface area contributed by atoms with Crippen LogP contribution in [0.1, 0.15) is 55.7 Å². The first-order chi connectivity index (χ1) is 15.6. The van der Waals surface area contributed by atoms with Gasteiger partial charge in [0.25, 0.3) is 0 Å². The van der Waals surface area contributed by atoms with E-state index >= 15 is 0 Å². The molecule has 0 saturated heterocycles. The number of nitrogens with zero attached hydrogens (tertiary/aromatic N) is 2. The molecule has 4 rings (SSSR count). The van der Waals surface area contributed by atoms with Crippen LogP contribution in [0.5, 0.6) is 0 Å². The van der Waals surface area contributed by atoms with E-state index in [1.54, 1.807) is 6.29 Å². The summed E-state index contributed by atoms with van der Waals surface area (Å²) in [5, 5.41) is 3.16. The van der Waals surface area contributed by atoms with Crippen LogP contribution in [-0.2, 0) is 9.59 Å². The maximum Gasteiger partial charge on any atom is 1.00 e. The fraction of sp³-hybridized carbons (Fsp3) is 0.417. The summed E-state index contributed by atoms with van der Waals surface area (Å²) in [6.07, 6.45) is 8.40. The zero-order valence-corrected chi connectivity index (χ0v) is 22.4. The van der Waals surface area contributed by atoms with Crippen LogP contribution in [0.15, 0.2) is 30.9 Å². The van der Waals surface area contributed by atoms with Gasteiger partial charge in [0, 0.05) is 5.56 Å². The summed E-state index contributed by atoms with van der Waals surface area (Å²) >= 11 is 12.4. The van der Waals surface area contributed by atoms with Crippen molar-refractivity contribution in [2.45, 2.75) is 50.2 Å². The normalized spacial score (nSPS) is 24.3. The SMILES string of the molecule is O=[C-]c1cncnc1.[CH2-]C[C@@H]([CH2-])C(=O)NC(c1c(F)ccc(Cl)c1Cl)C12CCC(F)(CC1)C2.[Na+]. The van der Waals surface area contributed by atoms with Gasteiger partial charge in [0.05, 0.1) is 28.7 Å². The maximum atomic E-state index is 14.8. The predicted octanol–water partition coefficient (Wildman–Crippen LogP) is 2.58. The van der Waals surface area contributed by atoms with E-state index in [9.17, 15) is 18.4 Å². The van der Waals surface area contributed by atoms with Crippen LogP contribution < -0.4 is 34.9 Å². The Morgan fingerprint density at radius 3 is 2.29 bits per heavy atom. The third-order valence-corrected chi connectivity index (χ3v) is 7.29. The van der Waals surface area contributed by atoms with Gasteiger partial charge in [-0.25, -0.2) is 8.78 Å². The largest absolute Gasteiger partial charge is 1.00 e. The Kier molecular flexibility index (Phi) is 10.5. The van der Waals surface area contributed by atoms with Crippen molar-refractivity contribution < 1.29 is 47.9 Å². The Bertz CT molecular complexity index is 1010. The van der Waals surface area contributed by atoms with E-state index < -0.39 is 28.9 Å². The van der Waals surface area contributed by atoms with E-state index in [1.165, 1.54) is 30.9 Å². The number of benzene rings is 1. The van der Waals surface area contributed by atoms with Gasteiger partial charge < -0.3 is 33.9 Å². The molecule has 1 aromatic heterocycles. The van der Waals surface area contributed by atoms with Gasteiger partial charge in [0.2, 0.25) is 0 Å². The quantitative estimate of drug-likeness (QED) is 0.363. The molecule has 2 bridgehead atoms. The molecule has 5 nitrogen and oxygen atoms in total. The van der Waals surface area contributed by atoms with E-state index in [0.29, 0.717) is 44.1 Å². The molecule has 1 aromatic carbocycles. The molecule has 2 aromatic rings. The Morgan fingerprint density at radius 2 is 1.82 bits per heavy atom. The van der Waals surface area contributed by atoms with Crippen LogP contribution in [0.2, 0.25) is 10.0 Å². The molecular weight excluding hydrogens is 494 g/mol. The molecule has 2 fully saturated rings. The zero-order valence-electron chi connectivity index (χ0n) is 18.9. The van der Waals surface area contributed by atoms with Crippen LogP contribution >= 0.6 is 23.2 Å². The summed E-state index contributed by atoms with van der Waals surface area (Å²) in [4.78, 5) is 29.4. The molecule has 0 spiro atoms. The molecule has 0 radical (unpaired) electrons. The van der Waals surface area contributed by atoms with Gasteiger partial charge in [-0.1, -0.05) is 35.6 Å². The van der Waals surface area contributed by atoms with Gasteiger partial charge in [-0.15, -0.1) is 11.5 Å². The molecule has 1 heterocycles. The van der Waals surface area contributed by atoms with Crippen molar-refractivity contribution in [1.82, 2.24) is 15.3 Å². The second-order valence-corrected chi connectivity index (χ2v) is 9.39. The van der Waals surface area contributed by atoms with Crippen LogP contribution in [-0.4, -0.2) is 27.8 Å². The molecule has 34 heavy (non-hydrogen) atoms. The number of amides is 1. The number of aromatic nitrogens is 2. The minimum absolute atomic E-state index is 0. The van der Waals surface area contributed by atoms with Crippen molar-refractivity contribution in [3.8, 4) is 0 Å². The first-order valence-electron chi connectivity index (χ1n) is 10.5. The second-order valence-electron chi connectivity index (χ2n) is 8.60. The van der Waals surface area contributed by atoms with Crippen molar-refractivity contribution in [2.75, 3.05) is 0 Å². The Labute approximate surface area is 230 Å². The summed E-state index contributed by atoms with van der Waals surface area (Å²) in [6.45, 7) is 7.45. The molecule has 2 aliphatic rings. The summed E-state index contributed by atoms with van der Waals surface area (Å²) in [7, 11) is 0. The number of rotatable bonds is 6. The van der Waals surface area contributed by atoms with Crippen molar-refractivity contribution in [1.29, 1.82) is 0 Å². The van der Waals surface area contributed by atoms with Gasteiger partial charge in [-0.3, -0.25) is 4.79 Å². The molecule has 2 aliphatic carbocycles. The third-order valence-electron chi connectivity index (χ3n) is 6.48. The number of carbonyl (C=O) groups is 1. The van der Waals surface area contributed by atoms with E-state index in [4.69, 9.17) is 23.2 Å². The van der Waals surface area contributed by atoms with Crippen LogP contribution in [0.4, 0.5) is 8.78 Å². The predicted molar refractivity (Wildman–Crippen MR) is 122 cm³/mol. The van der Waals surface area contributed by atoms with Gasteiger partial charge >= 0.3 is 29.6 Å². The van der Waals surface area contributed by atoms with Crippen molar-refractivity contribution in [2.24, 2.45) is 11.3 Å². The van der Waals surface area contributed by atoms with E-state index in [1.807, 2.05) is 0 Å².